The standard InChI is InChI=1S/C23H28N2O6/c26-19-14-17-13-18(24-31-16-21(28)25-10-6-7-11-25)9-5-3-1-2-4-8-12-30-23(29)22(17)20(27)15-19/h2,4-5,9,13-15,24,26-27H,1,3,6-8,10-12,16H2/b4-2?,9-5?,18-13-. The average Bonchev–Trinajstić information content (AvgIpc) is 3.26. The first-order valence-corrected chi connectivity index (χ1v) is 10.5. The molecule has 1 amide bonds. The second-order valence-corrected chi connectivity index (χ2v) is 7.38. The number of hydroxylamine groups is 1. The van der Waals surface area contributed by atoms with Gasteiger partial charge in [0.2, 0.25) is 0 Å². The van der Waals surface area contributed by atoms with Gasteiger partial charge in [-0.3, -0.25) is 15.1 Å². The van der Waals surface area contributed by atoms with Crippen molar-refractivity contribution in [2.24, 2.45) is 0 Å². The van der Waals surface area contributed by atoms with Crippen LogP contribution in [-0.2, 0) is 14.4 Å². The molecular weight excluding hydrogens is 400 g/mol. The Balaban J connectivity index is 1.82. The van der Waals surface area contributed by atoms with Crippen molar-refractivity contribution in [3.8, 4) is 11.5 Å². The number of hydrogen-bond donors (Lipinski definition) is 3. The summed E-state index contributed by atoms with van der Waals surface area (Å²) in [6.45, 7) is 1.54. The molecule has 8 heteroatoms. The highest BCUT2D eigenvalue weighted by Gasteiger charge is 2.20. The molecule has 0 spiro atoms. The molecule has 2 aliphatic heterocycles. The molecule has 1 aromatic carbocycles. The lowest BCUT2D eigenvalue weighted by Gasteiger charge is -2.16. The van der Waals surface area contributed by atoms with Crippen molar-refractivity contribution >= 4 is 18.0 Å². The van der Waals surface area contributed by atoms with E-state index in [1.807, 2.05) is 18.2 Å². The van der Waals surface area contributed by atoms with Crippen LogP contribution in [0.1, 0.15) is 48.0 Å². The van der Waals surface area contributed by atoms with Crippen molar-refractivity contribution in [3.63, 3.8) is 0 Å². The topological polar surface area (TPSA) is 108 Å². The number of phenols is 2. The van der Waals surface area contributed by atoms with E-state index in [4.69, 9.17) is 9.57 Å². The summed E-state index contributed by atoms with van der Waals surface area (Å²) in [4.78, 5) is 31.9. The molecule has 3 rings (SSSR count). The van der Waals surface area contributed by atoms with Gasteiger partial charge in [-0.2, -0.15) is 0 Å². The molecule has 0 aromatic heterocycles. The number of nitrogens with one attached hydrogen (secondary N) is 1. The van der Waals surface area contributed by atoms with Gasteiger partial charge in [-0.15, -0.1) is 0 Å². The lowest BCUT2D eigenvalue weighted by molar-refractivity contribution is -0.137. The number of carbonyl (C=O) groups is 2. The van der Waals surface area contributed by atoms with Crippen molar-refractivity contribution in [2.75, 3.05) is 26.3 Å². The number of rotatable bonds is 4. The summed E-state index contributed by atoms with van der Waals surface area (Å²) in [6.07, 6.45) is 13.4. The Morgan fingerprint density at radius 2 is 1.84 bits per heavy atom. The SMILES string of the molecule is O=C1OCCC=CCCC=C/C(NOCC(=O)N2CCCC2)=C/c2cc(O)cc(O)c21. The van der Waals surface area contributed by atoms with Gasteiger partial charge in [0.05, 0.1) is 12.3 Å². The number of allylic oxidation sites excluding steroid dienone is 3. The smallest absolute Gasteiger partial charge is 0.342 e. The van der Waals surface area contributed by atoms with Crippen LogP contribution in [0.4, 0.5) is 0 Å². The fourth-order valence-corrected chi connectivity index (χ4v) is 3.42. The van der Waals surface area contributed by atoms with E-state index >= 15 is 0 Å². The predicted octanol–water partition coefficient (Wildman–Crippen LogP) is 3.04. The van der Waals surface area contributed by atoms with Crippen LogP contribution in [-0.4, -0.2) is 53.3 Å². The van der Waals surface area contributed by atoms with E-state index in [0.717, 1.165) is 44.8 Å². The van der Waals surface area contributed by atoms with Crippen LogP contribution in [0, 0.1) is 0 Å². The number of benzene rings is 1. The minimum Gasteiger partial charge on any atom is -0.508 e. The quantitative estimate of drug-likeness (QED) is 0.384. The number of ether oxygens (including phenoxy) is 1. The minimum absolute atomic E-state index is 0.0558. The van der Waals surface area contributed by atoms with Crippen molar-refractivity contribution < 1.29 is 29.4 Å². The number of nitrogens with zero attached hydrogens (tertiary/aromatic N) is 1. The van der Waals surface area contributed by atoms with Crippen LogP contribution >= 0.6 is 0 Å². The zero-order valence-electron chi connectivity index (χ0n) is 17.4. The minimum atomic E-state index is -0.692. The number of carbonyl (C=O) groups excluding carboxylic acids is 2. The normalized spacial score (nSPS) is 19.2. The second kappa shape index (κ2) is 11.2. The number of likely N-dealkylation sites (tertiary alicyclic amines) is 1. The Labute approximate surface area is 181 Å². The predicted molar refractivity (Wildman–Crippen MR) is 115 cm³/mol. The number of hydrogen-bond acceptors (Lipinski definition) is 7. The molecule has 0 aliphatic carbocycles. The first-order chi connectivity index (χ1) is 15.0. The molecule has 0 bridgehead atoms. The van der Waals surface area contributed by atoms with Gasteiger partial charge < -0.3 is 19.8 Å². The van der Waals surface area contributed by atoms with Crippen LogP contribution in [0.25, 0.3) is 6.08 Å². The average molecular weight is 428 g/mol. The number of fused-ring (bicyclic) bond motifs is 1. The molecule has 0 saturated carbocycles. The molecule has 1 aromatic rings. The van der Waals surface area contributed by atoms with E-state index in [9.17, 15) is 19.8 Å². The zero-order valence-corrected chi connectivity index (χ0v) is 17.4. The van der Waals surface area contributed by atoms with E-state index in [0.29, 0.717) is 12.1 Å². The fourth-order valence-electron chi connectivity index (χ4n) is 3.42. The van der Waals surface area contributed by atoms with Gasteiger partial charge in [0, 0.05) is 19.2 Å². The summed E-state index contributed by atoms with van der Waals surface area (Å²) < 4.78 is 5.26. The van der Waals surface area contributed by atoms with E-state index in [-0.39, 0.29) is 41.7 Å². The molecule has 3 N–H and O–H groups in total. The lowest BCUT2D eigenvalue weighted by Crippen LogP contribution is -2.33. The van der Waals surface area contributed by atoms with E-state index in [2.05, 4.69) is 5.48 Å². The highest BCUT2D eigenvalue weighted by Crippen LogP contribution is 2.29. The maximum absolute atomic E-state index is 12.5. The molecule has 1 saturated heterocycles. The van der Waals surface area contributed by atoms with Crippen molar-refractivity contribution in [2.45, 2.75) is 32.1 Å². The monoisotopic (exact) mass is 428 g/mol. The third kappa shape index (κ3) is 6.62. The number of esters is 1. The van der Waals surface area contributed by atoms with E-state index in [1.54, 1.807) is 17.1 Å². The van der Waals surface area contributed by atoms with Crippen LogP contribution in [0.3, 0.4) is 0 Å². The van der Waals surface area contributed by atoms with Crippen LogP contribution < -0.4 is 5.48 Å². The summed E-state index contributed by atoms with van der Waals surface area (Å²) in [7, 11) is 0. The van der Waals surface area contributed by atoms with Gasteiger partial charge in [-0.05, 0) is 55.9 Å². The Morgan fingerprint density at radius 3 is 2.65 bits per heavy atom. The van der Waals surface area contributed by atoms with Crippen molar-refractivity contribution in [3.05, 3.63) is 53.3 Å². The van der Waals surface area contributed by atoms with Crippen LogP contribution in [0.2, 0.25) is 0 Å². The van der Waals surface area contributed by atoms with Gasteiger partial charge >= 0.3 is 5.97 Å². The summed E-state index contributed by atoms with van der Waals surface area (Å²) >= 11 is 0. The molecule has 8 nitrogen and oxygen atoms in total. The Kier molecular flexibility index (Phi) is 8.12. The molecule has 2 aliphatic rings. The third-order valence-electron chi connectivity index (χ3n) is 4.97. The van der Waals surface area contributed by atoms with E-state index < -0.39 is 5.97 Å². The number of amides is 1. The molecular formula is C23H28N2O6. The highest BCUT2D eigenvalue weighted by molar-refractivity contribution is 5.97. The fraction of sp³-hybridized carbons (Fsp3) is 0.391. The summed E-state index contributed by atoms with van der Waals surface area (Å²) in [6, 6.07) is 2.44. The van der Waals surface area contributed by atoms with Crippen LogP contribution in [0.5, 0.6) is 11.5 Å². The molecule has 0 atom stereocenters. The molecule has 166 valence electrons. The Morgan fingerprint density at radius 1 is 1.10 bits per heavy atom. The summed E-state index contributed by atoms with van der Waals surface area (Å²) in [5.41, 5.74) is 3.40. The zero-order chi connectivity index (χ0) is 22.1. The first kappa shape index (κ1) is 22.4. The van der Waals surface area contributed by atoms with Crippen LogP contribution in [0.15, 0.2) is 42.1 Å². The Bertz CT molecular complexity index is 884. The van der Waals surface area contributed by atoms with Gasteiger partial charge in [-0.1, -0.05) is 18.2 Å². The van der Waals surface area contributed by atoms with Gasteiger partial charge in [0.15, 0.2) is 6.61 Å². The third-order valence-corrected chi connectivity index (χ3v) is 4.97. The van der Waals surface area contributed by atoms with Crippen molar-refractivity contribution in [1.29, 1.82) is 0 Å². The number of aromatic hydroxyl groups is 2. The molecule has 1 fully saturated rings. The molecule has 2 heterocycles. The number of phenolic OH excluding ortho intramolecular Hbond substituents is 2. The van der Waals surface area contributed by atoms with Crippen molar-refractivity contribution in [1.82, 2.24) is 10.4 Å². The van der Waals surface area contributed by atoms with Gasteiger partial charge in [0.25, 0.3) is 5.91 Å². The second-order valence-electron chi connectivity index (χ2n) is 7.38. The molecule has 31 heavy (non-hydrogen) atoms. The maximum atomic E-state index is 12.5. The van der Waals surface area contributed by atoms with Gasteiger partial charge in [0.1, 0.15) is 17.1 Å². The highest BCUT2D eigenvalue weighted by atomic mass is 16.6. The number of cyclic esters (lactones) is 1. The maximum Gasteiger partial charge on any atom is 0.342 e. The lowest BCUT2D eigenvalue weighted by atomic mass is 10.0. The van der Waals surface area contributed by atoms with Gasteiger partial charge in [-0.25, -0.2) is 4.79 Å². The summed E-state index contributed by atoms with van der Waals surface area (Å²) in [5.74, 6) is -1.37. The Hall–Kier alpha value is -3.26. The molecule has 0 unspecified atom stereocenters. The van der Waals surface area contributed by atoms with E-state index in [1.165, 1.54) is 6.07 Å². The first-order valence-electron chi connectivity index (χ1n) is 10.5. The largest absolute Gasteiger partial charge is 0.508 e. The summed E-state index contributed by atoms with van der Waals surface area (Å²) in [5, 5.41) is 20.2. The molecule has 0 radical (unpaired) electrons.